The van der Waals surface area contributed by atoms with Gasteiger partial charge in [-0.05, 0) is 124 Å². The molecule has 0 aromatic heterocycles. The summed E-state index contributed by atoms with van der Waals surface area (Å²) in [6, 6.07) is 2.49. The van der Waals surface area contributed by atoms with Crippen molar-refractivity contribution in [1.82, 2.24) is 57.7 Å². The van der Waals surface area contributed by atoms with E-state index in [9.17, 15) is 73.8 Å². The van der Waals surface area contributed by atoms with Crippen molar-refractivity contribution in [2.45, 2.75) is 255 Å². The van der Waals surface area contributed by atoms with Crippen LogP contribution in [-0.4, -0.2) is 242 Å². The molecule has 3 fully saturated rings. The largest absolute Gasteiger partial charge is 0.508 e. The lowest BCUT2D eigenvalue weighted by Crippen LogP contribution is -2.62. The molecule has 10 amide bonds. The van der Waals surface area contributed by atoms with E-state index < -0.39 is 157 Å². The number of carbonyl (C=O) groups is 10. The standard InChI is InChI=1S/C73H118N12O17S/c1-8-45(4)37-46(5)18-14-11-9-10-12-17-21-61(93)78-57-40-60(92)71(102-34-32-75-65(94)56(38-49-19-15-13-16-20-49)80-68(97)55(36-44(2)3)79-66(95)54(77-43-86)30-35-103-7)83-70(99)64-59(91)29-33-84(64)73(101)63(58(90)28-31-74)82-67(96)53(27-24-48-22-25-51(88)26-23-48)76-41-50-39-52(89)42-85(50)72(100)62(47(6)87)81-69(57)98/h13,15-16,19-20,22-23,25-26,43-47,50,52-60,62-64,71,76,87-92H,8-12,14,17-18,21,24,27-42,74H2,1-7H3,(H,75,94)(H,77,86)(H,78,93)(H,79,95)(H,80,97)(H,81,98)(H,82,96)(H,83,99). The number of aryl methyl sites for hydroxylation is 1. The number of aliphatic hydroxyl groups excluding tert-OH is 5. The van der Waals surface area contributed by atoms with Crippen LogP contribution in [0, 0.1) is 17.8 Å². The number of phenolic OH excluding ortho intramolecular Hbond substituents is 1. The van der Waals surface area contributed by atoms with Gasteiger partial charge in [0.1, 0.15) is 54.1 Å². The lowest BCUT2D eigenvalue weighted by atomic mass is 9.91. The third-order valence-electron chi connectivity index (χ3n) is 19.4. The smallest absolute Gasteiger partial charge is 0.248 e. The van der Waals surface area contributed by atoms with Gasteiger partial charge in [0, 0.05) is 51.5 Å². The molecule has 3 aliphatic heterocycles. The zero-order valence-electron chi connectivity index (χ0n) is 61.1. The number of unbranched alkanes of at least 4 members (excludes halogenated alkanes) is 5. The minimum Gasteiger partial charge on any atom is -0.508 e. The van der Waals surface area contributed by atoms with Crippen LogP contribution in [0.5, 0.6) is 5.75 Å². The van der Waals surface area contributed by atoms with Crippen LogP contribution in [0.1, 0.15) is 162 Å². The molecule has 17 N–H and O–H groups in total. The maximum Gasteiger partial charge on any atom is 0.248 e. The normalized spacial score (nSPS) is 24.5. The lowest BCUT2D eigenvalue weighted by molar-refractivity contribution is -0.149. The van der Waals surface area contributed by atoms with Gasteiger partial charge >= 0.3 is 0 Å². The van der Waals surface area contributed by atoms with Gasteiger partial charge < -0.3 is 98.8 Å². The summed E-state index contributed by atoms with van der Waals surface area (Å²) in [6.07, 6.45) is 0.226. The Morgan fingerprint density at radius 3 is 2.05 bits per heavy atom. The van der Waals surface area contributed by atoms with Crippen molar-refractivity contribution in [3.63, 3.8) is 0 Å². The molecule has 29 nitrogen and oxygen atoms in total. The maximum absolute atomic E-state index is 15.0. The number of nitrogens with zero attached hydrogens (tertiary/aromatic N) is 2. The SMILES string of the molecule is CCC(C)CC(C)CCCCCCCCC(=O)NC1CC(O)C(OCCNC(=O)C(Cc2ccccc2)NC(=O)C(CC(C)C)NC(=O)C(CCSC)NC=O)NC(=O)C2C(O)CCN2C(=O)C(C(O)CCN)NC(=O)C(CCc2ccc(O)cc2)NCC2CC(O)CN2C(=O)C(C(C)O)NC1=O. The van der Waals surface area contributed by atoms with Gasteiger partial charge in [0.15, 0.2) is 6.23 Å². The van der Waals surface area contributed by atoms with E-state index >= 15 is 4.79 Å². The highest BCUT2D eigenvalue weighted by molar-refractivity contribution is 7.98. The highest BCUT2D eigenvalue weighted by Gasteiger charge is 2.47. The Labute approximate surface area is 610 Å². The molecule has 3 aliphatic rings. The Bertz CT molecular complexity index is 2980. The molecule has 0 bridgehead atoms. The Morgan fingerprint density at radius 2 is 1.39 bits per heavy atom. The van der Waals surface area contributed by atoms with E-state index in [1.165, 1.54) is 42.1 Å². The minimum absolute atomic E-state index is 0.00281. The minimum atomic E-state index is -2.00. The van der Waals surface area contributed by atoms with Crippen LogP contribution in [0.2, 0.25) is 0 Å². The number of amides is 10. The van der Waals surface area contributed by atoms with Gasteiger partial charge in [0.25, 0.3) is 0 Å². The Kier molecular flexibility index (Phi) is 38.1. The predicted molar refractivity (Wildman–Crippen MR) is 389 cm³/mol. The molecule has 17 unspecified atom stereocenters. The van der Waals surface area contributed by atoms with E-state index in [-0.39, 0.29) is 102 Å². The van der Waals surface area contributed by atoms with Crippen molar-refractivity contribution in [1.29, 1.82) is 0 Å². The molecule has 30 heteroatoms. The number of thioether (sulfide) groups is 1. The van der Waals surface area contributed by atoms with Crippen LogP contribution in [-0.2, 0) is 65.5 Å². The first-order valence-corrected chi connectivity index (χ1v) is 38.2. The second-order valence-electron chi connectivity index (χ2n) is 28.5. The number of rotatable bonds is 38. The van der Waals surface area contributed by atoms with Crippen molar-refractivity contribution in [3.8, 4) is 5.75 Å². The van der Waals surface area contributed by atoms with E-state index in [2.05, 4.69) is 68.6 Å². The molecule has 2 aromatic rings. The van der Waals surface area contributed by atoms with E-state index in [0.717, 1.165) is 43.4 Å². The summed E-state index contributed by atoms with van der Waals surface area (Å²) in [5, 5.41) is 92.7. The number of ether oxygens (including phenoxy) is 1. The number of aromatic hydroxyl groups is 1. The first kappa shape index (κ1) is 86.6. The summed E-state index contributed by atoms with van der Waals surface area (Å²) in [5.41, 5.74) is 7.25. The van der Waals surface area contributed by atoms with E-state index in [1.54, 1.807) is 42.5 Å². The number of nitrogens with two attached hydrogens (primary N) is 1. The molecule has 0 radical (unpaired) electrons. The Hall–Kier alpha value is -7.03. The molecular weight excluding hydrogens is 1350 g/mol. The Morgan fingerprint density at radius 1 is 0.728 bits per heavy atom. The molecule has 0 aliphatic carbocycles. The summed E-state index contributed by atoms with van der Waals surface area (Å²) >= 11 is 1.47. The molecule has 2 aromatic carbocycles. The van der Waals surface area contributed by atoms with Gasteiger partial charge in [-0.15, -0.1) is 0 Å². The topological polar surface area (TPSA) is 442 Å². The van der Waals surface area contributed by atoms with Crippen LogP contribution in [0.25, 0.3) is 0 Å². The van der Waals surface area contributed by atoms with Gasteiger partial charge in [0.05, 0.1) is 37.1 Å². The van der Waals surface area contributed by atoms with Crippen molar-refractivity contribution in [2.75, 3.05) is 51.3 Å². The number of fused-ring (bicyclic) bond motifs is 2. The number of aliphatic hydroxyl groups is 5. The fourth-order valence-electron chi connectivity index (χ4n) is 13.4. The van der Waals surface area contributed by atoms with Gasteiger partial charge in [-0.25, -0.2) is 0 Å². The van der Waals surface area contributed by atoms with Gasteiger partial charge in [-0.3, -0.25) is 47.9 Å². The van der Waals surface area contributed by atoms with Crippen molar-refractivity contribution in [3.05, 3.63) is 65.7 Å². The molecule has 17 atom stereocenters. The molecular formula is C73H118N12O17S. The maximum atomic E-state index is 15.0. The molecule has 5 rings (SSSR count). The highest BCUT2D eigenvalue weighted by atomic mass is 32.2. The van der Waals surface area contributed by atoms with E-state index in [0.29, 0.717) is 48.0 Å². The summed E-state index contributed by atoms with van der Waals surface area (Å²) < 4.78 is 6.19. The van der Waals surface area contributed by atoms with Crippen LogP contribution in [0.3, 0.4) is 0 Å². The second-order valence-corrected chi connectivity index (χ2v) is 29.5. The molecule has 3 heterocycles. The molecule has 0 spiro atoms. The van der Waals surface area contributed by atoms with Crippen molar-refractivity contribution < 1.29 is 83.3 Å². The number of carbonyl (C=O) groups excluding carboxylic acids is 10. The van der Waals surface area contributed by atoms with Crippen LogP contribution < -0.4 is 53.6 Å². The average molecular weight is 1470 g/mol. The molecule has 0 saturated carbocycles. The zero-order chi connectivity index (χ0) is 75.7. The van der Waals surface area contributed by atoms with Crippen molar-refractivity contribution in [2.24, 2.45) is 23.5 Å². The van der Waals surface area contributed by atoms with Gasteiger partial charge in [0.2, 0.25) is 59.6 Å². The van der Waals surface area contributed by atoms with Crippen LogP contribution in [0.15, 0.2) is 54.6 Å². The van der Waals surface area contributed by atoms with E-state index in [4.69, 9.17) is 10.5 Å². The first-order chi connectivity index (χ1) is 49.2. The zero-order valence-corrected chi connectivity index (χ0v) is 61.9. The number of hydrogen-bond donors (Lipinski definition) is 16. The summed E-state index contributed by atoms with van der Waals surface area (Å²) in [5.74, 6) is -5.80. The fourth-order valence-corrected chi connectivity index (χ4v) is 13.9. The van der Waals surface area contributed by atoms with Gasteiger partial charge in [-0.1, -0.05) is 122 Å². The number of hydrogen-bond acceptors (Lipinski definition) is 20. The average Bonchev–Trinajstić information content (AvgIpc) is 1.76. The first-order valence-electron chi connectivity index (χ1n) is 36.8. The number of nitrogens with one attached hydrogen (secondary N) is 9. The molecule has 103 heavy (non-hydrogen) atoms. The monoisotopic (exact) mass is 1470 g/mol. The third-order valence-corrected chi connectivity index (χ3v) is 20.0. The third kappa shape index (κ3) is 29.1. The van der Waals surface area contributed by atoms with Crippen LogP contribution >= 0.6 is 11.8 Å². The summed E-state index contributed by atoms with van der Waals surface area (Å²) in [7, 11) is 0. The highest BCUT2D eigenvalue weighted by Crippen LogP contribution is 2.26. The quantitative estimate of drug-likeness (QED) is 0.0320. The predicted octanol–water partition coefficient (Wildman–Crippen LogP) is 0.410. The molecule has 578 valence electrons. The second kappa shape index (κ2) is 45.4. The van der Waals surface area contributed by atoms with E-state index in [1.807, 2.05) is 20.1 Å². The molecule has 3 saturated heterocycles. The van der Waals surface area contributed by atoms with Crippen molar-refractivity contribution >= 4 is 71.3 Å². The van der Waals surface area contributed by atoms with Gasteiger partial charge in [-0.2, -0.15) is 11.8 Å². The fraction of sp³-hybridized carbons (Fsp3) is 0.699. The Balaban J connectivity index is 1.51. The summed E-state index contributed by atoms with van der Waals surface area (Å²) in [4.78, 5) is 144. The lowest BCUT2D eigenvalue weighted by Gasteiger charge is -2.34. The number of phenols is 1. The van der Waals surface area contributed by atoms with Crippen LogP contribution in [0.4, 0.5) is 0 Å². The number of benzene rings is 2. The summed E-state index contributed by atoms with van der Waals surface area (Å²) in [6.45, 7) is 9.89.